The zero-order valence-electron chi connectivity index (χ0n) is 13.8. The van der Waals surface area contributed by atoms with E-state index < -0.39 is 0 Å². The Bertz CT molecular complexity index is 955. The molecule has 4 rings (SSSR count). The summed E-state index contributed by atoms with van der Waals surface area (Å²) in [6, 6.07) is 26.6. The van der Waals surface area contributed by atoms with Crippen molar-refractivity contribution in [3.05, 3.63) is 83.9 Å². The van der Waals surface area contributed by atoms with Crippen LogP contribution in [-0.2, 0) is 0 Å². The molecule has 4 aromatic rings. The SMILES string of the molecule is CNCCC(c1ccccc1)c1ccc2sc3ccccc3c2c1. The Morgan fingerprint density at radius 3 is 2.38 bits per heavy atom. The van der Waals surface area contributed by atoms with E-state index in [0.29, 0.717) is 5.92 Å². The molecule has 1 N–H and O–H groups in total. The van der Waals surface area contributed by atoms with E-state index in [-0.39, 0.29) is 0 Å². The fraction of sp³-hybridized carbons (Fsp3) is 0.182. The van der Waals surface area contributed by atoms with Gasteiger partial charge in [0.05, 0.1) is 0 Å². The van der Waals surface area contributed by atoms with E-state index in [1.807, 2.05) is 18.4 Å². The molecule has 0 fully saturated rings. The minimum Gasteiger partial charge on any atom is -0.320 e. The van der Waals surface area contributed by atoms with Crippen LogP contribution in [0.2, 0.25) is 0 Å². The van der Waals surface area contributed by atoms with Crippen LogP contribution in [-0.4, -0.2) is 13.6 Å². The molecule has 0 bridgehead atoms. The van der Waals surface area contributed by atoms with Crippen molar-refractivity contribution in [2.24, 2.45) is 0 Å². The van der Waals surface area contributed by atoms with Gasteiger partial charge in [0.1, 0.15) is 0 Å². The zero-order valence-corrected chi connectivity index (χ0v) is 14.6. The quantitative estimate of drug-likeness (QED) is 0.487. The fourth-order valence-corrected chi connectivity index (χ4v) is 4.55. The molecule has 0 radical (unpaired) electrons. The van der Waals surface area contributed by atoms with Crippen LogP contribution >= 0.6 is 11.3 Å². The lowest BCUT2D eigenvalue weighted by atomic mass is 9.88. The summed E-state index contributed by atoms with van der Waals surface area (Å²) in [6.07, 6.45) is 1.11. The second-order valence-corrected chi connectivity index (χ2v) is 7.29. The largest absolute Gasteiger partial charge is 0.320 e. The molecule has 1 aromatic heterocycles. The smallest absolute Gasteiger partial charge is 0.0355 e. The zero-order chi connectivity index (χ0) is 16.4. The maximum absolute atomic E-state index is 3.30. The van der Waals surface area contributed by atoms with Crippen molar-refractivity contribution in [1.29, 1.82) is 0 Å². The molecule has 0 spiro atoms. The van der Waals surface area contributed by atoms with E-state index >= 15 is 0 Å². The second-order valence-electron chi connectivity index (χ2n) is 6.21. The average molecular weight is 331 g/mol. The Balaban J connectivity index is 1.83. The highest BCUT2D eigenvalue weighted by Crippen LogP contribution is 2.37. The first-order chi connectivity index (χ1) is 11.9. The summed E-state index contributed by atoms with van der Waals surface area (Å²) in [7, 11) is 2.03. The molecular formula is C22H21NS. The molecule has 0 aliphatic rings. The molecule has 0 saturated carbocycles. The number of hydrogen-bond acceptors (Lipinski definition) is 2. The maximum atomic E-state index is 3.30. The Hall–Kier alpha value is -2.16. The summed E-state index contributed by atoms with van der Waals surface area (Å²) in [5, 5.41) is 6.06. The van der Waals surface area contributed by atoms with Gasteiger partial charge in [0.25, 0.3) is 0 Å². The predicted molar refractivity (Wildman–Crippen MR) is 106 cm³/mol. The molecule has 1 nitrogen and oxygen atoms in total. The van der Waals surface area contributed by atoms with Crippen LogP contribution < -0.4 is 5.32 Å². The van der Waals surface area contributed by atoms with Gasteiger partial charge in [0.2, 0.25) is 0 Å². The van der Waals surface area contributed by atoms with E-state index in [1.165, 1.54) is 31.3 Å². The van der Waals surface area contributed by atoms with Crippen molar-refractivity contribution in [2.45, 2.75) is 12.3 Å². The molecule has 1 heterocycles. The summed E-state index contributed by atoms with van der Waals surface area (Å²) in [4.78, 5) is 0. The first-order valence-electron chi connectivity index (χ1n) is 8.47. The number of fused-ring (bicyclic) bond motifs is 3. The van der Waals surface area contributed by atoms with E-state index in [0.717, 1.165) is 13.0 Å². The van der Waals surface area contributed by atoms with E-state index in [1.54, 1.807) is 0 Å². The van der Waals surface area contributed by atoms with Crippen molar-refractivity contribution in [3.8, 4) is 0 Å². The normalized spacial score (nSPS) is 12.7. The third-order valence-corrected chi connectivity index (χ3v) is 5.84. The number of rotatable bonds is 5. The van der Waals surface area contributed by atoms with Crippen LogP contribution in [0.1, 0.15) is 23.5 Å². The van der Waals surface area contributed by atoms with Crippen molar-refractivity contribution in [2.75, 3.05) is 13.6 Å². The third kappa shape index (κ3) is 2.83. The predicted octanol–water partition coefficient (Wildman–Crippen LogP) is 5.80. The van der Waals surface area contributed by atoms with Crippen molar-refractivity contribution in [1.82, 2.24) is 5.32 Å². The van der Waals surface area contributed by atoms with Gasteiger partial charge in [-0.1, -0.05) is 54.6 Å². The number of hydrogen-bond donors (Lipinski definition) is 1. The van der Waals surface area contributed by atoms with Gasteiger partial charge in [-0.2, -0.15) is 0 Å². The van der Waals surface area contributed by atoms with Crippen molar-refractivity contribution >= 4 is 31.5 Å². The lowest BCUT2D eigenvalue weighted by Crippen LogP contribution is -2.13. The first kappa shape index (κ1) is 15.4. The first-order valence-corrected chi connectivity index (χ1v) is 9.29. The Labute approximate surface area is 147 Å². The van der Waals surface area contributed by atoms with Crippen molar-refractivity contribution in [3.63, 3.8) is 0 Å². The number of nitrogens with one attached hydrogen (secondary N) is 1. The van der Waals surface area contributed by atoms with Gasteiger partial charge in [-0.15, -0.1) is 11.3 Å². The van der Waals surface area contributed by atoms with Gasteiger partial charge in [-0.3, -0.25) is 0 Å². The highest BCUT2D eigenvalue weighted by Gasteiger charge is 2.15. The molecule has 0 saturated heterocycles. The second kappa shape index (κ2) is 6.76. The van der Waals surface area contributed by atoms with Gasteiger partial charge in [-0.25, -0.2) is 0 Å². The lowest BCUT2D eigenvalue weighted by molar-refractivity contribution is 0.662. The minimum absolute atomic E-state index is 0.432. The number of benzene rings is 3. The summed E-state index contributed by atoms with van der Waals surface area (Å²) >= 11 is 1.88. The molecule has 0 aliphatic carbocycles. The highest BCUT2D eigenvalue weighted by atomic mass is 32.1. The molecule has 1 atom stereocenters. The van der Waals surface area contributed by atoms with E-state index in [4.69, 9.17) is 0 Å². The summed E-state index contributed by atoms with van der Waals surface area (Å²) in [6.45, 7) is 1.02. The summed E-state index contributed by atoms with van der Waals surface area (Å²) in [5.41, 5.74) is 2.80. The maximum Gasteiger partial charge on any atom is 0.0355 e. The third-order valence-electron chi connectivity index (χ3n) is 4.69. The summed E-state index contributed by atoms with van der Waals surface area (Å²) in [5.74, 6) is 0.432. The minimum atomic E-state index is 0.432. The van der Waals surface area contributed by atoms with E-state index in [2.05, 4.69) is 78.1 Å². The molecule has 0 aliphatic heterocycles. The lowest BCUT2D eigenvalue weighted by Gasteiger charge is -2.18. The van der Waals surface area contributed by atoms with Gasteiger partial charge >= 0.3 is 0 Å². The molecule has 3 aromatic carbocycles. The van der Waals surface area contributed by atoms with Gasteiger partial charge in [0, 0.05) is 26.1 Å². The van der Waals surface area contributed by atoms with E-state index in [9.17, 15) is 0 Å². The van der Waals surface area contributed by atoms with Crippen LogP contribution in [0, 0.1) is 0 Å². The number of thiophene rings is 1. The van der Waals surface area contributed by atoms with Crippen LogP contribution in [0.5, 0.6) is 0 Å². The van der Waals surface area contributed by atoms with Crippen LogP contribution in [0.15, 0.2) is 72.8 Å². The molecule has 0 amide bonds. The molecule has 2 heteroatoms. The molecule has 1 unspecified atom stereocenters. The van der Waals surface area contributed by atoms with Crippen LogP contribution in [0.25, 0.3) is 20.2 Å². The van der Waals surface area contributed by atoms with Crippen LogP contribution in [0.3, 0.4) is 0 Å². The molecular weight excluding hydrogens is 310 g/mol. The topological polar surface area (TPSA) is 12.0 Å². The summed E-state index contributed by atoms with van der Waals surface area (Å²) < 4.78 is 2.75. The standard InChI is InChI=1S/C22H21NS/c1-23-14-13-18(16-7-3-2-4-8-16)17-11-12-22-20(15-17)19-9-5-6-10-21(19)24-22/h2-12,15,18,23H,13-14H2,1H3. The van der Waals surface area contributed by atoms with Gasteiger partial charge < -0.3 is 5.32 Å². The highest BCUT2D eigenvalue weighted by molar-refractivity contribution is 7.25. The Kier molecular flexibility index (Phi) is 4.33. The van der Waals surface area contributed by atoms with Crippen molar-refractivity contribution < 1.29 is 0 Å². The molecule has 24 heavy (non-hydrogen) atoms. The van der Waals surface area contributed by atoms with Gasteiger partial charge in [0.15, 0.2) is 0 Å². The monoisotopic (exact) mass is 331 g/mol. The molecule has 120 valence electrons. The van der Waals surface area contributed by atoms with Gasteiger partial charge in [-0.05, 0) is 49.3 Å². The Morgan fingerprint density at radius 1 is 0.792 bits per heavy atom. The Morgan fingerprint density at radius 2 is 1.54 bits per heavy atom. The van der Waals surface area contributed by atoms with Crippen LogP contribution in [0.4, 0.5) is 0 Å². The fourth-order valence-electron chi connectivity index (χ4n) is 3.46. The average Bonchev–Trinajstić information content (AvgIpc) is 3.01.